The summed E-state index contributed by atoms with van der Waals surface area (Å²) in [6.45, 7) is 7.04. The maximum atomic E-state index is 5.77. The summed E-state index contributed by atoms with van der Waals surface area (Å²) in [5, 5.41) is 3.32. The lowest BCUT2D eigenvalue weighted by molar-refractivity contribution is 0.199. The van der Waals surface area contributed by atoms with E-state index in [4.69, 9.17) is 9.47 Å². The van der Waals surface area contributed by atoms with Gasteiger partial charge in [0.25, 0.3) is 0 Å². The molecule has 1 rings (SSSR count). The fourth-order valence-electron chi connectivity index (χ4n) is 1.55. The second kappa shape index (κ2) is 9.55. The normalized spacial score (nSPS) is 10.4. The van der Waals surface area contributed by atoms with E-state index in [-0.39, 0.29) is 0 Å². The molecule has 0 spiro atoms. The molecule has 20 heavy (non-hydrogen) atoms. The van der Waals surface area contributed by atoms with Crippen LogP contribution in [0.1, 0.15) is 19.4 Å². The highest BCUT2D eigenvalue weighted by Gasteiger charge is 2.08. The zero-order valence-electron chi connectivity index (χ0n) is 12.1. The summed E-state index contributed by atoms with van der Waals surface area (Å²) in [5.74, 6) is 0.836. The van der Waals surface area contributed by atoms with E-state index in [0.29, 0.717) is 13.2 Å². The third-order valence-electron chi connectivity index (χ3n) is 2.59. The van der Waals surface area contributed by atoms with Gasteiger partial charge in [0.2, 0.25) is 0 Å². The Balaban J connectivity index is 2.63. The molecule has 0 amide bonds. The molecule has 3 nitrogen and oxygen atoms in total. The van der Waals surface area contributed by atoms with Crippen molar-refractivity contribution in [1.29, 1.82) is 0 Å². The minimum atomic E-state index is 0.574. The first kappa shape index (κ1) is 17.7. The molecule has 0 saturated carbocycles. The molecule has 0 aliphatic heterocycles. The molecular weight excluding hydrogens is 386 g/mol. The van der Waals surface area contributed by atoms with Crippen molar-refractivity contribution in [3.8, 4) is 5.75 Å². The van der Waals surface area contributed by atoms with Gasteiger partial charge in [0.05, 0.1) is 15.6 Å². The van der Waals surface area contributed by atoms with Crippen molar-refractivity contribution < 1.29 is 9.47 Å². The zero-order chi connectivity index (χ0) is 15.0. The smallest absolute Gasteiger partial charge is 0.148 e. The molecule has 0 bridgehead atoms. The molecule has 1 N–H and O–H groups in total. The number of benzene rings is 1. The van der Waals surface area contributed by atoms with E-state index in [9.17, 15) is 0 Å². The summed E-state index contributed by atoms with van der Waals surface area (Å²) in [4.78, 5) is 0. The van der Waals surface area contributed by atoms with E-state index in [1.54, 1.807) is 7.11 Å². The van der Waals surface area contributed by atoms with Gasteiger partial charge in [0.1, 0.15) is 12.4 Å². The number of hydrogen-bond donors (Lipinski definition) is 1. The number of hydrogen-bond acceptors (Lipinski definition) is 3. The van der Waals surface area contributed by atoms with Crippen LogP contribution in [0, 0.1) is 0 Å². The van der Waals surface area contributed by atoms with Crippen LogP contribution >= 0.6 is 31.9 Å². The van der Waals surface area contributed by atoms with Gasteiger partial charge < -0.3 is 14.8 Å². The van der Waals surface area contributed by atoms with Crippen molar-refractivity contribution in [2.24, 2.45) is 0 Å². The van der Waals surface area contributed by atoms with Crippen LogP contribution in [-0.4, -0.2) is 26.9 Å². The van der Waals surface area contributed by atoms with Gasteiger partial charge in [-0.2, -0.15) is 0 Å². The van der Waals surface area contributed by atoms with Crippen LogP contribution in [0.2, 0.25) is 0 Å². The highest BCUT2D eigenvalue weighted by Crippen LogP contribution is 2.34. The van der Waals surface area contributed by atoms with Crippen molar-refractivity contribution in [1.82, 2.24) is 5.32 Å². The van der Waals surface area contributed by atoms with Gasteiger partial charge in [-0.3, -0.25) is 0 Å². The third kappa shape index (κ3) is 6.39. The summed E-state index contributed by atoms with van der Waals surface area (Å²) in [7, 11) is 1.70. The van der Waals surface area contributed by atoms with Crippen molar-refractivity contribution in [3.05, 3.63) is 38.3 Å². The fourth-order valence-corrected chi connectivity index (χ4v) is 3.06. The molecule has 0 radical (unpaired) electrons. The number of allylic oxidation sites excluding steroid dienone is 1. The maximum Gasteiger partial charge on any atom is 0.148 e. The van der Waals surface area contributed by atoms with Gasteiger partial charge in [0, 0.05) is 20.2 Å². The van der Waals surface area contributed by atoms with Crippen molar-refractivity contribution in [2.75, 3.05) is 26.9 Å². The van der Waals surface area contributed by atoms with Gasteiger partial charge in [-0.05, 0) is 69.5 Å². The molecule has 0 unspecified atom stereocenters. The molecular formula is C15H21Br2NO2. The van der Waals surface area contributed by atoms with E-state index in [2.05, 4.69) is 69.2 Å². The van der Waals surface area contributed by atoms with Gasteiger partial charge in [-0.25, -0.2) is 0 Å². The SMILES string of the molecule is COCCNCc1cc(Br)c(OCC=C(C)C)c(Br)c1. The predicted octanol–water partition coefficient (Wildman–Crippen LogP) is 4.29. The quantitative estimate of drug-likeness (QED) is 0.515. The molecule has 1 aromatic rings. The van der Waals surface area contributed by atoms with E-state index in [1.807, 2.05) is 0 Å². The average Bonchev–Trinajstić information content (AvgIpc) is 2.37. The van der Waals surface area contributed by atoms with Crippen LogP contribution in [-0.2, 0) is 11.3 Å². The Morgan fingerprint density at radius 3 is 2.45 bits per heavy atom. The molecule has 0 aliphatic rings. The molecule has 0 heterocycles. The van der Waals surface area contributed by atoms with Gasteiger partial charge in [0.15, 0.2) is 0 Å². The van der Waals surface area contributed by atoms with Gasteiger partial charge in [-0.15, -0.1) is 0 Å². The summed E-state index contributed by atoms with van der Waals surface area (Å²) >= 11 is 7.12. The lowest BCUT2D eigenvalue weighted by atomic mass is 10.2. The van der Waals surface area contributed by atoms with Crippen molar-refractivity contribution >= 4 is 31.9 Å². The van der Waals surface area contributed by atoms with Crippen molar-refractivity contribution in [2.45, 2.75) is 20.4 Å². The first-order valence-corrected chi connectivity index (χ1v) is 8.07. The van der Waals surface area contributed by atoms with Crippen LogP contribution in [0.5, 0.6) is 5.75 Å². The lowest BCUT2D eigenvalue weighted by Crippen LogP contribution is -2.18. The Labute approximate surface area is 138 Å². The van der Waals surface area contributed by atoms with E-state index >= 15 is 0 Å². The highest BCUT2D eigenvalue weighted by molar-refractivity contribution is 9.11. The van der Waals surface area contributed by atoms with Gasteiger partial charge in [-0.1, -0.05) is 5.57 Å². The summed E-state index contributed by atoms with van der Waals surface area (Å²) < 4.78 is 12.7. The van der Waals surface area contributed by atoms with Crippen LogP contribution in [0.3, 0.4) is 0 Å². The molecule has 0 atom stereocenters. The third-order valence-corrected chi connectivity index (χ3v) is 3.77. The molecule has 5 heteroatoms. The predicted molar refractivity (Wildman–Crippen MR) is 90.4 cm³/mol. The number of ether oxygens (including phenoxy) is 2. The fraction of sp³-hybridized carbons (Fsp3) is 0.467. The average molecular weight is 407 g/mol. The topological polar surface area (TPSA) is 30.5 Å². The Morgan fingerprint density at radius 1 is 1.25 bits per heavy atom. The van der Waals surface area contributed by atoms with Crippen LogP contribution in [0.15, 0.2) is 32.7 Å². The Bertz CT molecular complexity index is 434. The molecule has 0 fully saturated rings. The molecule has 0 aromatic heterocycles. The Morgan fingerprint density at radius 2 is 1.90 bits per heavy atom. The first-order valence-electron chi connectivity index (χ1n) is 6.48. The zero-order valence-corrected chi connectivity index (χ0v) is 15.3. The molecule has 112 valence electrons. The molecule has 0 saturated heterocycles. The number of methoxy groups -OCH3 is 1. The second-order valence-corrected chi connectivity index (χ2v) is 6.36. The standard InChI is InChI=1S/C15H21Br2NO2/c1-11(2)4-6-20-15-13(16)8-12(9-14(15)17)10-18-5-7-19-3/h4,8-9,18H,5-7,10H2,1-3H3. The molecule has 1 aromatic carbocycles. The minimum absolute atomic E-state index is 0.574. The van der Waals surface area contributed by atoms with Crippen LogP contribution in [0.4, 0.5) is 0 Å². The molecule has 0 aliphatic carbocycles. The van der Waals surface area contributed by atoms with Crippen LogP contribution < -0.4 is 10.1 Å². The minimum Gasteiger partial charge on any atom is -0.487 e. The van der Waals surface area contributed by atoms with E-state index < -0.39 is 0 Å². The van der Waals surface area contributed by atoms with Crippen LogP contribution in [0.25, 0.3) is 0 Å². The first-order chi connectivity index (χ1) is 9.54. The maximum absolute atomic E-state index is 5.77. The number of nitrogens with one attached hydrogen (secondary N) is 1. The largest absolute Gasteiger partial charge is 0.487 e. The van der Waals surface area contributed by atoms with E-state index in [1.165, 1.54) is 11.1 Å². The van der Waals surface area contributed by atoms with Crippen molar-refractivity contribution in [3.63, 3.8) is 0 Å². The monoisotopic (exact) mass is 405 g/mol. The highest BCUT2D eigenvalue weighted by atomic mass is 79.9. The lowest BCUT2D eigenvalue weighted by Gasteiger charge is -2.12. The Hall–Kier alpha value is -0.360. The number of rotatable bonds is 8. The Kier molecular flexibility index (Phi) is 8.45. The van der Waals surface area contributed by atoms with Gasteiger partial charge >= 0.3 is 0 Å². The summed E-state index contributed by atoms with van der Waals surface area (Å²) in [6.07, 6.45) is 2.05. The summed E-state index contributed by atoms with van der Waals surface area (Å²) in [6, 6.07) is 4.14. The summed E-state index contributed by atoms with van der Waals surface area (Å²) in [5.41, 5.74) is 2.44. The second-order valence-electron chi connectivity index (χ2n) is 4.65. The number of halogens is 2. The van der Waals surface area contributed by atoms with E-state index in [0.717, 1.165) is 27.8 Å².